The molecule has 1 heterocycles. The zero-order chi connectivity index (χ0) is 21.6. The summed E-state index contributed by atoms with van der Waals surface area (Å²) in [6.07, 6.45) is 4.31. The summed E-state index contributed by atoms with van der Waals surface area (Å²) in [4.78, 5) is 21.1. The van der Waals surface area contributed by atoms with E-state index in [0.29, 0.717) is 11.6 Å². The molecule has 0 atom stereocenters. The van der Waals surface area contributed by atoms with Gasteiger partial charge < -0.3 is 4.74 Å². The van der Waals surface area contributed by atoms with Crippen LogP contribution >= 0.6 is 0 Å². The van der Waals surface area contributed by atoms with E-state index in [-0.39, 0.29) is 25.7 Å². The lowest BCUT2D eigenvalue weighted by atomic mass is 9.82. The molecule has 0 bridgehead atoms. The highest BCUT2D eigenvalue weighted by Crippen LogP contribution is 2.39. The summed E-state index contributed by atoms with van der Waals surface area (Å²) in [7, 11) is 0. The summed E-state index contributed by atoms with van der Waals surface area (Å²) in [5.41, 5.74) is 1.92. The Morgan fingerprint density at radius 2 is 1.67 bits per heavy atom. The molecular weight excluding hydrogens is 393 g/mol. The van der Waals surface area contributed by atoms with Gasteiger partial charge >= 0.3 is 12.1 Å². The van der Waals surface area contributed by atoms with Crippen LogP contribution in [0.15, 0.2) is 36.7 Å². The molecule has 4 nitrogen and oxygen atoms in total. The van der Waals surface area contributed by atoms with Crippen molar-refractivity contribution < 1.29 is 22.7 Å². The Bertz CT molecular complexity index is 812. The minimum Gasteiger partial charge on any atom is -0.426 e. The number of alkyl halides is 3. The van der Waals surface area contributed by atoms with Crippen molar-refractivity contribution in [3.8, 4) is 17.1 Å². The lowest BCUT2D eigenvalue weighted by molar-refractivity contribution is -0.185. The number of benzene rings is 1. The molecule has 0 radical (unpaired) electrons. The molecule has 162 valence electrons. The predicted molar refractivity (Wildman–Crippen MR) is 108 cm³/mol. The summed E-state index contributed by atoms with van der Waals surface area (Å²) in [5.74, 6) is -1.28. The Labute approximate surface area is 174 Å². The first-order valence-corrected chi connectivity index (χ1v) is 10.6. The molecule has 3 rings (SSSR count). The first-order valence-electron chi connectivity index (χ1n) is 10.6. The first kappa shape index (κ1) is 22.2. The number of esters is 1. The molecule has 0 unspecified atom stereocenters. The summed E-state index contributed by atoms with van der Waals surface area (Å²) in [5, 5.41) is 0. The van der Waals surface area contributed by atoms with Crippen molar-refractivity contribution in [2.24, 2.45) is 11.8 Å². The fourth-order valence-electron chi connectivity index (χ4n) is 3.74. The highest BCUT2D eigenvalue weighted by molar-refractivity contribution is 5.75. The highest BCUT2D eigenvalue weighted by Gasteiger charge is 2.42. The van der Waals surface area contributed by atoms with Crippen LogP contribution < -0.4 is 4.74 Å². The molecule has 30 heavy (non-hydrogen) atoms. The fourth-order valence-corrected chi connectivity index (χ4v) is 3.74. The molecule has 1 saturated carbocycles. The van der Waals surface area contributed by atoms with E-state index in [1.807, 2.05) is 12.4 Å². The fraction of sp³-hybridized carbons (Fsp3) is 0.522. The molecule has 1 aliphatic carbocycles. The largest absolute Gasteiger partial charge is 0.426 e. The van der Waals surface area contributed by atoms with Gasteiger partial charge in [0.2, 0.25) is 0 Å². The van der Waals surface area contributed by atoms with Gasteiger partial charge in [0, 0.05) is 18.0 Å². The maximum Gasteiger partial charge on any atom is 0.391 e. The minimum atomic E-state index is -4.18. The number of ether oxygens (including phenoxy) is 1. The van der Waals surface area contributed by atoms with Crippen LogP contribution in [0.5, 0.6) is 5.75 Å². The van der Waals surface area contributed by atoms with Crippen molar-refractivity contribution in [3.05, 3.63) is 42.2 Å². The molecule has 0 aliphatic heterocycles. The SMILES string of the molecule is CCCCCc1cnc(-c2ccc(OC(=O)C3CCC(C(F)(F)F)CC3)cc2)nc1. The first-order chi connectivity index (χ1) is 14.4. The van der Waals surface area contributed by atoms with Crippen molar-refractivity contribution in [2.45, 2.75) is 64.5 Å². The normalized spacial score (nSPS) is 19.5. The lowest BCUT2D eigenvalue weighted by Gasteiger charge is -2.28. The monoisotopic (exact) mass is 420 g/mol. The van der Waals surface area contributed by atoms with E-state index in [1.165, 1.54) is 12.8 Å². The van der Waals surface area contributed by atoms with E-state index in [4.69, 9.17) is 4.74 Å². The molecule has 1 aromatic carbocycles. The Hall–Kier alpha value is -2.44. The van der Waals surface area contributed by atoms with Gasteiger partial charge in [-0.2, -0.15) is 13.2 Å². The Morgan fingerprint density at radius 1 is 1.03 bits per heavy atom. The molecule has 1 aromatic heterocycles. The van der Waals surface area contributed by atoms with E-state index in [2.05, 4.69) is 16.9 Å². The third kappa shape index (κ3) is 6.03. The zero-order valence-electron chi connectivity index (χ0n) is 17.1. The Balaban J connectivity index is 1.53. The van der Waals surface area contributed by atoms with Crippen molar-refractivity contribution in [1.29, 1.82) is 0 Å². The lowest BCUT2D eigenvalue weighted by Crippen LogP contribution is -2.31. The maximum absolute atomic E-state index is 12.8. The summed E-state index contributed by atoms with van der Waals surface area (Å²) in [6.45, 7) is 2.17. The number of aryl methyl sites for hydroxylation is 1. The molecule has 7 heteroatoms. The maximum atomic E-state index is 12.8. The van der Waals surface area contributed by atoms with E-state index in [0.717, 1.165) is 24.0 Å². The van der Waals surface area contributed by atoms with Gasteiger partial charge in [-0.1, -0.05) is 19.8 Å². The summed E-state index contributed by atoms with van der Waals surface area (Å²) >= 11 is 0. The summed E-state index contributed by atoms with van der Waals surface area (Å²) < 4.78 is 43.7. The van der Waals surface area contributed by atoms with Gasteiger partial charge in [0.25, 0.3) is 0 Å². The zero-order valence-corrected chi connectivity index (χ0v) is 17.1. The standard InChI is InChI=1S/C23H27F3N2O2/c1-2-3-4-5-16-14-27-21(28-15-16)17-8-12-20(13-9-17)30-22(29)18-6-10-19(11-7-18)23(24,25)26/h8-9,12-15,18-19H,2-7,10-11H2,1H3. The smallest absolute Gasteiger partial charge is 0.391 e. The van der Waals surface area contributed by atoms with Gasteiger partial charge in [-0.15, -0.1) is 0 Å². The van der Waals surface area contributed by atoms with Crippen LogP contribution in [0.4, 0.5) is 13.2 Å². The van der Waals surface area contributed by atoms with Crippen molar-refractivity contribution in [3.63, 3.8) is 0 Å². The van der Waals surface area contributed by atoms with Gasteiger partial charge in [0.1, 0.15) is 5.75 Å². The number of halogens is 3. The van der Waals surface area contributed by atoms with E-state index in [9.17, 15) is 18.0 Å². The third-order valence-corrected chi connectivity index (χ3v) is 5.63. The average Bonchev–Trinajstić information content (AvgIpc) is 2.74. The van der Waals surface area contributed by atoms with E-state index < -0.39 is 24.0 Å². The molecule has 0 N–H and O–H groups in total. The van der Waals surface area contributed by atoms with Crippen LogP contribution in [0.2, 0.25) is 0 Å². The number of carbonyl (C=O) groups excluding carboxylic acids is 1. The number of unbranched alkanes of at least 4 members (excludes halogenated alkanes) is 2. The molecular formula is C23H27F3N2O2. The molecule has 0 spiro atoms. The molecule has 2 aromatic rings. The second-order valence-corrected chi connectivity index (χ2v) is 7.91. The van der Waals surface area contributed by atoms with Crippen LogP contribution in [0.3, 0.4) is 0 Å². The number of aromatic nitrogens is 2. The molecule has 1 fully saturated rings. The number of hydrogen-bond donors (Lipinski definition) is 0. The molecule has 0 amide bonds. The topological polar surface area (TPSA) is 52.1 Å². The van der Waals surface area contributed by atoms with Gasteiger partial charge in [-0.3, -0.25) is 4.79 Å². The second-order valence-electron chi connectivity index (χ2n) is 7.91. The van der Waals surface area contributed by atoms with Crippen molar-refractivity contribution in [2.75, 3.05) is 0 Å². The van der Waals surface area contributed by atoms with Crippen LogP contribution in [-0.2, 0) is 11.2 Å². The number of nitrogens with zero attached hydrogens (tertiary/aromatic N) is 2. The van der Waals surface area contributed by atoms with Gasteiger partial charge in [-0.25, -0.2) is 9.97 Å². The Morgan fingerprint density at radius 3 is 2.23 bits per heavy atom. The van der Waals surface area contributed by atoms with Gasteiger partial charge in [-0.05, 0) is 68.4 Å². The average molecular weight is 420 g/mol. The molecule has 1 aliphatic rings. The molecule has 0 saturated heterocycles. The third-order valence-electron chi connectivity index (χ3n) is 5.63. The minimum absolute atomic E-state index is 0.0199. The van der Waals surface area contributed by atoms with Crippen LogP contribution in [0.25, 0.3) is 11.4 Å². The quantitative estimate of drug-likeness (QED) is 0.306. The van der Waals surface area contributed by atoms with Crippen LogP contribution in [0.1, 0.15) is 57.4 Å². The van der Waals surface area contributed by atoms with Crippen LogP contribution in [0, 0.1) is 11.8 Å². The Kier molecular flexibility index (Phi) is 7.45. The number of rotatable bonds is 7. The van der Waals surface area contributed by atoms with Crippen LogP contribution in [-0.4, -0.2) is 22.1 Å². The van der Waals surface area contributed by atoms with Crippen molar-refractivity contribution >= 4 is 5.97 Å². The van der Waals surface area contributed by atoms with Gasteiger partial charge in [0.05, 0.1) is 11.8 Å². The summed E-state index contributed by atoms with van der Waals surface area (Å²) in [6, 6.07) is 6.87. The van der Waals surface area contributed by atoms with Crippen molar-refractivity contribution in [1.82, 2.24) is 9.97 Å². The van der Waals surface area contributed by atoms with E-state index >= 15 is 0 Å². The predicted octanol–water partition coefficient (Wildman–Crippen LogP) is 6.15. The highest BCUT2D eigenvalue weighted by atomic mass is 19.4. The number of hydrogen-bond acceptors (Lipinski definition) is 4. The number of carbonyl (C=O) groups is 1. The van der Waals surface area contributed by atoms with Gasteiger partial charge in [0.15, 0.2) is 5.82 Å². The second kappa shape index (κ2) is 10.0. The van der Waals surface area contributed by atoms with E-state index in [1.54, 1.807) is 24.3 Å².